The predicted octanol–water partition coefficient (Wildman–Crippen LogP) is 2.82. The third kappa shape index (κ3) is 4.20. The third-order valence-electron chi connectivity index (χ3n) is 4.51. The molecule has 0 spiro atoms. The van der Waals surface area contributed by atoms with Gasteiger partial charge in [0.05, 0.1) is 18.8 Å². The average molecular weight is 355 g/mol. The number of phenols is 1. The molecule has 1 heterocycles. The van der Waals surface area contributed by atoms with Gasteiger partial charge in [0.2, 0.25) is 0 Å². The molecule has 26 heavy (non-hydrogen) atoms. The van der Waals surface area contributed by atoms with Crippen LogP contribution in [0.1, 0.15) is 12.5 Å². The molecule has 2 aromatic rings. The van der Waals surface area contributed by atoms with Gasteiger partial charge in [0.1, 0.15) is 17.6 Å². The Bertz CT molecular complexity index is 748. The summed E-state index contributed by atoms with van der Waals surface area (Å²) in [6.45, 7) is 4.69. The van der Waals surface area contributed by atoms with Gasteiger partial charge in [-0.15, -0.1) is 0 Å². The maximum atomic E-state index is 12.3. The monoisotopic (exact) mass is 355 g/mol. The van der Waals surface area contributed by atoms with Gasteiger partial charge < -0.3 is 25.0 Å². The Morgan fingerprint density at radius 2 is 2.00 bits per heavy atom. The number of anilines is 1. The molecule has 6 heteroatoms. The summed E-state index contributed by atoms with van der Waals surface area (Å²) in [6.07, 6.45) is -0.0747. The molecule has 1 atom stereocenters. The second kappa shape index (κ2) is 7.99. The van der Waals surface area contributed by atoms with Gasteiger partial charge in [-0.3, -0.25) is 0 Å². The maximum Gasteiger partial charge on any atom is 0.317 e. The molecule has 1 aliphatic rings. The van der Waals surface area contributed by atoms with Crippen LogP contribution in [0.25, 0.3) is 0 Å². The molecule has 0 aromatic heterocycles. The minimum Gasteiger partial charge on any atom is -0.508 e. The van der Waals surface area contributed by atoms with E-state index in [1.165, 1.54) is 0 Å². The standard InChI is InChI=1S/C20H25N3O3/c1-3-23-14-17(26-19-7-5-4-6-18(19)23)13-22(2)20(25)21-12-15-8-10-16(24)11-9-15/h4-11,17,24H,3,12-14H2,1-2H3,(H,21,25). The summed E-state index contributed by atoms with van der Waals surface area (Å²) >= 11 is 0. The number of ether oxygens (including phenoxy) is 1. The number of urea groups is 1. The number of hydrogen-bond donors (Lipinski definition) is 2. The highest BCUT2D eigenvalue weighted by molar-refractivity contribution is 5.74. The van der Waals surface area contributed by atoms with Crippen LogP contribution in [0.15, 0.2) is 48.5 Å². The van der Waals surface area contributed by atoms with Crippen molar-refractivity contribution in [1.82, 2.24) is 10.2 Å². The molecule has 2 aromatic carbocycles. The average Bonchev–Trinajstić information content (AvgIpc) is 2.66. The van der Waals surface area contributed by atoms with Crippen LogP contribution in [-0.4, -0.2) is 48.8 Å². The second-order valence-electron chi connectivity index (χ2n) is 6.45. The number of nitrogens with zero attached hydrogens (tertiary/aromatic N) is 2. The van der Waals surface area contributed by atoms with E-state index in [4.69, 9.17) is 4.74 Å². The van der Waals surface area contributed by atoms with Crippen molar-refractivity contribution in [2.24, 2.45) is 0 Å². The molecule has 0 aliphatic carbocycles. The number of amides is 2. The second-order valence-corrected chi connectivity index (χ2v) is 6.45. The number of para-hydroxylation sites is 2. The molecule has 2 amide bonds. The number of hydrogen-bond acceptors (Lipinski definition) is 4. The normalized spacial score (nSPS) is 15.8. The van der Waals surface area contributed by atoms with Crippen molar-refractivity contribution in [3.8, 4) is 11.5 Å². The highest BCUT2D eigenvalue weighted by Crippen LogP contribution is 2.32. The van der Waals surface area contributed by atoms with Gasteiger partial charge in [0.25, 0.3) is 0 Å². The van der Waals surface area contributed by atoms with Crippen LogP contribution in [0.4, 0.5) is 10.5 Å². The lowest BCUT2D eigenvalue weighted by Crippen LogP contribution is -2.48. The zero-order chi connectivity index (χ0) is 18.5. The summed E-state index contributed by atoms with van der Waals surface area (Å²) < 4.78 is 6.07. The van der Waals surface area contributed by atoms with Crippen molar-refractivity contribution in [3.05, 3.63) is 54.1 Å². The van der Waals surface area contributed by atoms with E-state index in [0.717, 1.165) is 30.1 Å². The number of benzene rings is 2. The number of fused-ring (bicyclic) bond motifs is 1. The highest BCUT2D eigenvalue weighted by atomic mass is 16.5. The van der Waals surface area contributed by atoms with Crippen molar-refractivity contribution in [2.45, 2.75) is 19.6 Å². The predicted molar refractivity (Wildman–Crippen MR) is 102 cm³/mol. The molecule has 6 nitrogen and oxygen atoms in total. The number of aromatic hydroxyl groups is 1. The first kappa shape index (κ1) is 17.9. The van der Waals surface area contributed by atoms with Gasteiger partial charge in [-0.25, -0.2) is 4.79 Å². The first-order valence-corrected chi connectivity index (χ1v) is 8.84. The zero-order valence-electron chi connectivity index (χ0n) is 15.2. The molecule has 1 unspecified atom stereocenters. The fraction of sp³-hybridized carbons (Fsp3) is 0.350. The van der Waals surface area contributed by atoms with E-state index in [0.29, 0.717) is 13.1 Å². The summed E-state index contributed by atoms with van der Waals surface area (Å²) in [7, 11) is 1.77. The fourth-order valence-electron chi connectivity index (χ4n) is 3.09. The first-order chi connectivity index (χ1) is 12.6. The van der Waals surface area contributed by atoms with E-state index in [1.807, 2.05) is 18.2 Å². The Kier molecular flexibility index (Phi) is 5.51. The minimum absolute atomic E-state index is 0.0747. The number of carbonyl (C=O) groups excluding carboxylic acids is 1. The molecule has 0 saturated heterocycles. The van der Waals surface area contributed by atoms with Crippen LogP contribution in [0, 0.1) is 0 Å². The van der Waals surface area contributed by atoms with Gasteiger partial charge in [-0.05, 0) is 36.8 Å². The molecule has 0 bridgehead atoms. The van der Waals surface area contributed by atoms with Crippen LogP contribution in [0.3, 0.4) is 0 Å². The molecular formula is C20H25N3O3. The van der Waals surface area contributed by atoms with Gasteiger partial charge in [-0.2, -0.15) is 0 Å². The third-order valence-corrected chi connectivity index (χ3v) is 4.51. The van der Waals surface area contributed by atoms with Gasteiger partial charge in [-0.1, -0.05) is 24.3 Å². The van der Waals surface area contributed by atoms with Crippen molar-refractivity contribution in [3.63, 3.8) is 0 Å². The van der Waals surface area contributed by atoms with E-state index in [9.17, 15) is 9.90 Å². The maximum absolute atomic E-state index is 12.3. The Morgan fingerprint density at radius 1 is 1.27 bits per heavy atom. The highest BCUT2D eigenvalue weighted by Gasteiger charge is 2.26. The van der Waals surface area contributed by atoms with Crippen molar-refractivity contribution in [2.75, 3.05) is 31.6 Å². The molecule has 3 rings (SSSR count). The molecule has 2 N–H and O–H groups in total. The quantitative estimate of drug-likeness (QED) is 0.866. The summed E-state index contributed by atoms with van der Waals surface area (Å²) in [5, 5.41) is 12.2. The Balaban J connectivity index is 1.55. The van der Waals surface area contributed by atoms with E-state index in [-0.39, 0.29) is 17.9 Å². The van der Waals surface area contributed by atoms with Crippen LogP contribution in [0.2, 0.25) is 0 Å². The van der Waals surface area contributed by atoms with Gasteiger partial charge in [0.15, 0.2) is 0 Å². The van der Waals surface area contributed by atoms with Crippen LogP contribution >= 0.6 is 0 Å². The molecule has 1 aliphatic heterocycles. The van der Waals surface area contributed by atoms with Crippen LogP contribution in [-0.2, 0) is 6.54 Å². The van der Waals surface area contributed by atoms with Crippen molar-refractivity contribution in [1.29, 1.82) is 0 Å². The number of rotatable bonds is 5. The summed E-state index contributed by atoms with van der Waals surface area (Å²) in [5.74, 6) is 1.08. The largest absolute Gasteiger partial charge is 0.508 e. The summed E-state index contributed by atoms with van der Waals surface area (Å²) in [6, 6.07) is 14.6. The molecule has 0 fully saturated rings. The minimum atomic E-state index is -0.149. The van der Waals surface area contributed by atoms with Gasteiger partial charge in [0, 0.05) is 20.1 Å². The lowest BCUT2D eigenvalue weighted by atomic mass is 10.2. The fourth-order valence-corrected chi connectivity index (χ4v) is 3.09. The molecule has 138 valence electrons. The Morgan fingerprint density at radius 3 is 2.73 bits per heavy atom. The van der Waals surface area contributed by atoms with Crippen LogP contribution in [0.5, 0.6) is 11.5 Å². The molecule has 0 radical (unpaired) electrons. The van der Waals surface area contributed by atoms with Crippen LogP contribution < -0.4 is 15.0 Å². The lowest BCUT2D eigenvalue weighted by Gasteiger charge is -2.37. The summed E-state index contributed by atoms with van der Waals surface area (Å²) in [4.78, 5) is 16.3. The zero-order valence-corrected chi connectivity index (χ0v) is 15.2. The summed E-state index contributed by atoms with van der Waals surface area (Å²) in [5.41, 5.74) is 2.04. The van der Waals surface area contributed by atoms with Crippen molar-refractivity contribution >= 4 is 11.7 Å². The molecular weight excluding hydrogens is 330 g/mol. The first-order valence-electron chi connectivity index (χ1n) is 8.84. The number of likely N-dealkylation sites (N-methyl/N-ethyl adjacent to an activating group) is 2. The smallest absolute Gasteiger partial charge is 0.317 e. The SMILES string of the molecule is CCN1CC(CN(C)C(=O)NCc2ccc(O)cc2)Oc2ccccc21. The van der Waals surface area contributed by atoms with Crippen molar-refractivity contribution < 1.29 is 14.6 Å². The topological polar surface area (TPSA) is 65.0 Å². The molecule has 0 saturated carbocycles. The van der Waals surface area contributed by atoms with Gasteiger partial charge >= 0.3 is 6.03 Å². The Hall–Kier alpha value is -2.89. The van der Waals surface area contributed by atoms with E-state index >= 15 is 0 Å². The lowest BCUT2D eigenvalue weighted by molar-refractivity contribution is 0.145. The number of carbonyl (C=O) groups is 1. The van der Waals surface area contributed by atoms with E-state index in [2.05, 4.69) is 23.2 Å². The van der Waals surface area contributed by atoms with E-state index < -0.39 is 0 Å². The van der Waals surface area contributed by atoms with E-state index in [1.54, 1.807) is 36.2 Å². The number of nitrogens with one attached hydrogen (secondary N) is 1. The number of phenolic OH excluding ortho intramolecular Hbond substituents is 1. The Labute approximate surface area is 154 Å².